The van der Waals surface area contributed by atoms with Crippen molar-refractivity contribution >= 4 is 28.3 Å². The monoisotopic (exact) mass is 381 g/mol. The van der Waals surface area contributed by atoms with Crippen LogP contribution in [0, 0.1) is 0 Å². The molecule has 1 aromatic carbocycles. The fraction of sp³-hybridized carbons (Fsp3) is 0.286. The summed E-state index contributed by atoms with van der Waals surface area (Å²) in [6, 6.07) is 10.7. The zero-order valence-electron chi connectivity index (χ0n) is 16.4. The minimum atomic E-state index is -0.723. The van der Waals surface area contributed by atoms with E-state index in [1.165, 1.54) is 13.3 Å². The number of anilines is 1. The van der Waals surface area contributed by atoms with Gasteiger partial charge in [-0.15, -0.1) is 0 Å². The normalized spacial score (nSPS) is 11.4. The van der Waals surface area contributed by atoms with Gasteiger partial charge in [0.05, 0.1) is 36.7 Å². The smallest absolute Gasteiger partial charge is 0.296 e. The Kier molecular flexibility index (Phi) is 5.46. The van der Waals surface area contributed by atoms with E-state index < -0.39 is 11.7 Å². The molecule has 0 fully saturated rings. The topological polar surface area (TPSA) is 82.5 Å². The molecule has 146 valence electrons. The van der Waals surface area contributed by atoms with Gasteiger partial charge in [0, 0.05) is 30.3 Å². The van der Waals surface area contributed by atoms with Gasteiger partial charge in [0.25, 0.3) is 11.7 Å². The van der Waals surface area contributed by atoms with Crippen LogP contribution in [0.2, 0.25) is 0 Å². The fourth-order valence-corrected chi connectivity index (χ4v) is 3.17. The average Bonchev–Trinajstić information content (AvgIpc) is 3.08. The maximum absolute atomic E-state index is 12.9. The summed E-state index contributed by atoms with van der Waals surface area (Å²) in [7, 11) is 3.14. The number of fused-ring (bicyclic) bond motifs is 1. The van der Waals surface area contributed by atoms with Crippen molar-refractivity contribution in [2.75, 3.05) is 26.1 Å². The van der Waals surface area contributed by atoms with Crippen LogP contribution in [0.5, 0.6) is 5.88 Å². The largest absolute Gasteiger partial charge is 0.481 e. The zero-order valence-corrected chi connectivity index (χ0v) is 16.4. The highest BCUT2D eigenvalue weighted by Gasteiger charge is 2.27. The Balaban J connectivity index is 1.93. The number of carbonyl (C=O) groups excluding carboxylic acids is 2. The number of nitrogens with zero attached hydrogens (tertiary/aromatic N) is 2. The Hall–Kier alpha value is -3.19. The van der Waals surface area contributed by atoms with E-state index in [0.717, 1.165) is 10.9 Å². The molecular weight excluding hydrogens is 358 g/mol. The van der Waals surface area contributed by atoms with Gasteiger partial charge in [0.1, 0.15) is 0 Å². The van der Waals surface area contributed by atoms with Crippen LogP contribution in [0.4, 0.5) is 5.69 Å². The molecule has 0 atom stereocenters. The number of amides is 1. The van der Waals surface area contributed by atoms with E-state index in [4.69, 9.17) is 9.47 Å². The number of ketones is 1. The molecule has 0 radical (unpaired) electrons. The lowest BCUT2D eigenvalue weighted by Gasteiger charge is -2.27. The highest BCUT2D eigenvalue weighted by atomic mass is 16.5. The van der Waals surface area contributed by atoms with Crippen molar-refractivity contribution in [3.8, 4) is 5.88 Å². The van der Waals surface area contributed by atoms with Crippen molar-refractivity contribution < 1.29 is 19.1 Å². The number of Topliss-reactive ketones (excluding diaryl/α,β-unsaturated/α-hetero) is 1. The molecule has 1 amide bonds. The Morgan fingerprint density at radius 3 is 2.54 bits per heavy atom. The molecule has 0 aliphatic heterocycles. The van der Waals surface area contributed by atoms with Gasteiger partial charge >= 0.3 is 0 Å². The average molecular weight is 381 g/mol. The van der Waals surface area contributed by atoms with Crippen molar-refractivity contribution in [2.45, 2.75) is 19.4 Å². The van der Waals surface area contributed by atoms with Gasteiger partial charge in [-0.2, -0.15) is 0 Å². The number of para-hydroxylation sites is 1. The first kappa shape index (κ1) is 19.6. The molecule has 7 heteroatoms. The van der Waals surface area contributed by atoms with Gasteiger partial charge in [0.15, 0.2) is 0 Å². The van der Waals surface area contributed by atoms with Crippen molar-refractivity contribution in [2.24, 2.45) is 0 Å². The predicted molar refractivity (Wildman–Crippen MR) is 107 cm³/mol. The number of hydrogen-bond acceptors (Lipinski definition) is 5. The molecule has 3 aromatic rings. The van der Waals surface area contributed by atoms with Crippen LogP contribution in [0.25, 0.3) is 10.9 Å². The van der Waals surface area contributed by atoms with Crippen LogP contribution in [-0.4, -0.2) is 42.1 Å². The van der Waals surface area contributed by atoms with E-state index in [1.54, 1.807) is 25.4 Å². The molecule has 7 nitrogen and oxygen atoms in total. The molecule has 0 aliphatic rings. The molecule has 2 heterocycles. The van der Waals surface area contributed by atoms with Crippen molar-refractivity contribution in [1.82, 2.24) is 9.55 Å². The SMILES string of the molecule is COCC(C)(C)n1cc(C(=O)C(=O)Nc2ccc(OC)nc2)c2ccccc21. The van der Waals surface area contributed by atoms with E-state index in [1.807, 2.05) is 42.7 Å². The number of aromatic nitrogens is 2. The molecule has 0 aliphatic carbocycles. The molecule has 1 N–H and O–H groups in total. The highest BCUT2D eigenvalue weighted by Crippen LogP contribution is 2.28. The van der Waals surface area contributed by atoms with Crippen LogP contribution in [-0.2, 0) is 15.1 Å². The summed E-state index contributed by atoms with van der Waals surface area (Å²) in [5.74, 6) is -0.911. The van der Waals surface area contributed by atoms with E-state index in [9.17, 15) is 9.59 Å². The Bertz CT molecular complexity index is 1010. The van der Waals surface area contributed by atoms with E-state index in [2.05, 4.69) is 10.3 Å². The Labute approximate surface area is 163 Å². The lowest BCUT2D eigenvalue weighted by atomic mass is 10.1. The number of methoxy groups -OCH3 is 2. The molecule has 0 bridgehead atoms. The van der Waals surface area contributed by atoms with Crippen molar-refractivity contribution in [3.63, 3.8) is 0 Å². The molecule has 2 aromatic heterocycles. The van der Waals surface area contributed by atoms with Gasteiger partial charge < -0.3 is 19.4 Å². The van der Waals surface area contributed by atoms with E-state index in [0.29, 0.717) is 23.7 Å². The number of rotatable bonds is 7. The number of benzene rings is 1. The minimum Gasteiger partial charge on any atom is -0.481 e. The van der Waals surface area contributed by atoms with Gasteiger partial charge in [0.2, 0.25) is 5.88 Å². The zero-order chi connectivity index (χ0) is 20.3. The highest BCUT2D eigenvalue weighted by molar-refractivity contribution is 6.48. The van der Waals surface area contributed by atoms with Crippen LogP contribution in [0.3, 0.4) is 0 Å². The summed E-state index contributed by atoms with van der Waals surface area (Å²) in [6.45, 7) is 4.49. The third kappa shape index (κ3) is 3.75. The minimum absolute atomic E-state index is 0.346. The van der Waals surface area contributed by atoms with Gasteiger partial charge in [-0.3, -0.25) is 9.59 Å². The summed E-state index contributed by atoms with van der Waals surface area (Å²) in [4.78, 5) is 29.4. The third-order valence-electron chi connectivity index (χ3n) is 4.52. The first-order valence-corrected chi connectivity index (χ1v) is 8.82. The molecule has 0 saturated carbocycles. The first-order chi connectivity index (χ1) is 13.4. The second-order valence-corrected chi connectivity index (χ2v) is 7.05. The van der Waals surface area contributed by atoms with E-state index >= 15 is 0 Å². The fourth-order valence-electron chi connectivity index (χ4n) is 3.17. The lowest BCUT2D eigenvalue weighted by Crippen LogP contribution is -2.31. The quantitative estimate of drug-likeness (QED) is 0.502. The maximum Gasteiger partial charge on any atom is 0.296 e. The van der Waals surface area contributed by atoms with Gasteiger partial charge in [-0.25, -0.2) is 4.98 Å². The number of hydrogen-bond donors (Lipinski definition) is 1. The summed E-state index contributed by atoms with van der Waals surface area (Å²) < 4.78 is 12.3. The number of pyridine rings is 1. The Morgan fingerprint density at radius 2 is 1.89 bits per heavy atom. The second kappa shape index (κ2) is 7.82. The summed E-state index contributed by atoms with van der Waals surface area (Å²) in [5, 5.41) is 3.31. The number of carbonyl (C=O) groups is 2. The molecule has 3 rings (SSSR count). The first-order valence-electron chi connectivity index (χ1n) is 8.82. The molecule has 0 spiro atoms. The summed E-state index contributed by atoms with van der Waals surface area (Å²) >= 11 is 0. The van der Waals surface area contributed by atoms with Crippen LogP contribution in [0.15, 0.2) is 48.8 Å². The molecule has 0 saturated heterocycles. The summed E-state index contributed by atoms with van der Waals surface area (Å²) in [5.41, 5.74) is 1.25. The van der Waals surface area contributed by atoms with Gasteiger partial charge in [-0.1, -0.05) is 18.2 Å². The molecule has 0 unspecified atom stereocenters. The summed E-state index contributed by atoms with van der Waals surface area (Å²) in [6.07, 6.45) is 3.16. The van der Waals surface area contributed by atoms with Crippen LogP contribution >= 0.6 is 0 Å². The number of nitrogens with one attached hydrogen (secondary N) is 1. The molecular formula is C21H23N3O4. The predicted octanol–water partition coefficient (Wildman–Crippen LogP) is 3.25. The van der Waals surface area contributed by atoms with Crippen molar-refractivity contribution in [1.29, 1.82) is 0 Å². The van der Waals surface area contributed by atoms with Gasteiger partial charge in [-0.05, 0) is 26.0 Å². The standard InChI is InChI=1S/C21H23N3O4/c1-21(2,13-27-3)24-12-16(15-7-5-6-8-17(15)24)19(25)20(26)23-14-9-10-18(28-4)22-11-14/h5-12H,13H2,1-4H3,(H,23,26). The number of ether oxygens (including phenoxy) is 2. The maximum atomic E-state index is 12.9. The Morgan fingerprint density at radius 1 is 1.14 bits per heavy atom. The second-order valence-electron chi connectivity index (χ2n) is 7.05. The van der Waals surface area contributed by atoms with Crippen LogP contribution < -0.4 is 10.1 Å². The lowest BCUT2D eigenvalue weighted by molar-refractivity contribution is -0.112. The molecule has 28 heavy (non-hydrogen) atoms. The van der Waals surface area contributed by atoms with Crippen molar-refractivity contribution in [3.05, 3.63) is 54.4 Å². The van der Waals surface area contributed by atoms with E-state index in [-0.39, 0.29) is 5.54 Å². The van der Waals surface area contributed by atoms with Crippen LogP contribution in [0.1, 0.15) is 24.2 Å². The third-order valence-corrected chi connectivity index (χ3v) is 4.52.